The Balaban J connectivity index is 1.22. The Morgan fingerprint density at radius 3 is 2.40 bits per heavy atom. The van der Waals surface area contributed by atoms with Gasteiger partial charge in [0, 0.05) is 33.2 Å². The number of nitro benzene ring substituents is 1. The van der Waals surface area contributed by atoms with Gasteiger partial charge in [-0.1, -0.05) is 45.2 Å². The van der Waals surface area contributed by atoms with Crippen LogP contribution in [0.5, 0.6) is 11.5 Å². The highest BCUT2D eigenvalue weighted by Crippen LogP contribution is 2.35. The van der Waals surface area contributed by atoms with Crippen molar-refractivity contribution in [3.63, 3.8) is 0 Å². The van der Waals surface area contributed by atoms with Gasteiger partial charge in [-0.25, -0.2) is 5.43 Å². The van der Waals surface area contributed by atoms with Crippen LogP contribution in [0.15, 0.2) is 92.9 Å². The number of carbonyl (C=O) groups excluding carboxylic acids is 1. The maximum absolute atomic E-state index is 12.7. The monoisotopic (exact) mass is 710 g/mol. The third-order valence-corrected chi connectivity index (χ3v) is 7.83. The SMILES string of the molecule is Cc1ccc(C)n1-c1ccc(OCc2ccc(C(=O)N/N=C/c3cc(Br)cc([N+](=O)[O-])c3OCc3ccc(Cl)c(Cl)c3)o2)cc1. The summed E-state index contributed by atoms with van der Waals surface area (Å²) in [4.78, 5) is 23.9. The zero-order valence-corrected chi connectivity index (χ0v) is 27.0. The molecular weight excluding hydrogens is 687 g/mol. The number of rotatable bonds is 11. The number of halogens is 3. The molecule has 0 spiro atoms. The molecule has 2 heterocycles. The van der Waals surface area contributed by atoms with Crippen LogP contribution in [0, 0.1) is 24.0 Å². The molecule has 0 saturated heterocycles. The molecule has 0 aliphatic heterocycles. The first-order chi connectivity index (χ1) is 21.6. The molecule has 230 valence electrons. The fourth-order valence-corrected chi connectivity index (χ4v) is 5.27. The van der Waals surface area contributed by atoms with Crippen molar-refractivity contribution in [3.05, 3.63) is 138 Å². The number of furan rings is 1. The number of nitrogens with one attached hydrogen (secondary N) is 1. The number of nitro groups is 1. The van der Waals surface area contributed by atoms with Crippen molar-refractivity contribution in [2.45, 2.75) is 27.1 Å². The predicted octanol–water partition coefficient (Wildman–Crippen LogP) is 8.59. The van der Waals surface area contributed by atoms with Gasteiger partial charge in [-0.2, -0.15) is 5.10 Å². The molecule has 3 aromatic carbocycles. The van der Waals surface area contributed by atoms with Crippen LogP contribution in [0.1, 0.15) is 38.8 Å². The predicted molar refractivity (Wildman–Crippen MR) is 175 cm³/mol. The first-order valence-electron chi connectivity index (χ1n) is 13.4. The lowest BCUT2D eigenvalue weighted by molar-refractivity contribution is -0.386. The van der Waals surface area contributed by atoms with Gasteiger partial charge in [0.15, 0.2) is 5.76 Å². The maximum Gasteiger partial charge on any atom is 0.312 e. The number of amides is 1. The first kappa shape index (κ1) is 31.8. The second-order valence-corrected chi connectivity index (χ2v) is 11.6. The average molecular weight is 712 g/mol. The summed E-state index contributed by atoms with van der Waals surface area (Å²) in [5.74, 6) is 0.425. The van der Waals surface area contributed by atoms with Gasteiger partial charge in [-0.05, 0) is 86.1 Å². The maximum atomic E-state index is 12.7. The molecule has 0 fully saturated rings. The van der Waals surface area contributed by atoms with E-state index in [1.165, 1.54) is 18.3 Å². The summed E-state index contributed by atoms with van der Waals surface area (Å²) in [5.41, 5.74) is 6.27. The van der Waals surface area contributed by atoms with E-state index in [0.29, 0.717) is 31.6 Å². The van der Waals surface area contributed by atoms with Crippen molar-refractivity contribution in [3.8, 4) is 17.2 Å². The minimum absolute atomic E-state index is 0.0102. The molecule has 0 bridgehead atoms. The molecule has 0 aliphatic rings. The molecule has 0 radical (unpaired) electrons. The Kier molecular flexibility index (Phi) is 9.92. The summed E-state index contributed by atoms with van der Waals surface area (Å²) in [7, 11) is 0. The Bertz CT molecular complexity index is 1880. The fraction of sp³-hybridized carbons (Fsp3) is 0.125. The van der Waals surface area contributed by atoms with Gasteiger partial charge < -0.3 is 18.5 Å². The Morgan fingerprint density at radius 2 is 1.71 bits per heavy atom. The van der Waals surface area contributed by atoms with Crippen LogP contribution in [0.2, 0.25) is 10.0 Å². The van der Waals surface area contributed by atoms with E-state index < -0.39 is 10.8 Å². The van der Waals surface area contributed by atoms with Crippen LogP contribution in [0.3, 0.4) is 0 Å². The van der Waals surface area contributed by atoms with Crippen molar-refractivity contribution >= 4 is 56.9 Å². The third kappa shape index (κ3) is 7.75. The van der Waals surface area contributed by atoms with Crippen LogP contribution in [0.25, 0.3) is 5.69 Å². The van der Waals surface area contributed by atoms with Gasteiger partial charge in [0.25, 0.3) is 0 Å². The van der Waals surface area contributed by atoms with Crippen molar-refractivity contribution in [1.29, 1.82) is 0 Å². The van der Waals surface area contributed by atoms with Crippen molar-refractivity contribution < 1.29 is 23.6 Å². The molecule has 2 aromatic heterocycles. The summed E-state index contributed by atoms with van der Waals surface area (Å²) < 4.78 is 19.8. The molecule has 0 aliphatic carbocycles. The lowest BCUT2D eigenvalue weighted by Crippen LogP contribution is -2.17. The first-order valence-corrected chi connectivity index (χ1v) is 15.0. The number of carbonyl (C=O) groups is 1. The fourth-order valence-electron chi connectivity index (χ4n) is 4.49. The summed E-state index contributed by atoms with van der Waals surface area (Å²) >= 11 is 15.3. The van der Waals surface area contributed by atoms with Gasteiger partial charge in [0.05, 0.1) is 21.2 Å². The Hall–Kier alpha value is -4.58. The quantitative estimate of drug-likeness (QED) is 0.0832. The molecule has 0 unspecified atom stereocenters. The minimum atomic E-state index is -0.623. The number of aryl methyl sites for hydroxylation is 2. The van der Waals surface area contributed by atoms with E-state index in [1.807, 2.05) is 38.1 Å². The molecule has 45 heavy (non-hydrogen) atoms. The smallest absolute Gasteiger partial charge is 0.312 e. The van der Waals surface area contributed by atoms with Crippen molar-refractivity contribution in [2.75, 3.05) is 0 Å². The summed E-state index contributed by atoms with van der Waals surface area (Å²) in [6.07, 6.45) is 1.24. The van der Waals surface area contributed by atoms with E-state index in [4.69, 9.17) is 37.1 Å². The second kappa shape index (κ2) is 14.0. The van der Waals surface area contributed by atoms with Crippen molar-refractivity contribution in [1.82, 2.24) is 9.99 Å². The van der Waals surface area contributed by atoms with Gasteiger partial charge in [0.2, 0.25) is 5.75 Å². The van der Waals surface area contributed by atoms with Crippen LogP contribution in [-0.4, -0.2) is 21.6 Å². The van der Waals surface area contributed by atoms with E-state index in [-0.39, 0.29) is 36.0 Å². The van der Waals surface area contributed by atoms with E-state index in [0.717, 1.165) is 17.1 Å². The van der Waals surface area contributed by atoms with E-state index >= 15 is 0 Å². The Labute approximate surface area is 276 Å². The van der Waals surface area contributed by atoms with Gasteiger partial charge in [0.1, 0.15) is 24.7 Å². The molecular formula is C32H25BrCl2N4O6. The van der Waals surface area contributed by atoms with Gasteiger partial charge in [-0.3, -0.25) is 14.9 Å². The lowest BCUT2D eigenvalue weighted by atomic mass is 10.2. The number of benzene rings is 3. The number of hydrogen-bond donors (Lipinski definition) is 1. The van der Waals surface area contributed by atoms with Crippen LogP contribution < -0.4 is 14.9 Å². The summed E-state index contributed by atoms with van der Waals surface area (Å²) in [5, 5.41) is 16.4. The highest BCUT2D eigenvalue weighted by molar-refractivity contribution is 9.10. The molecule has 13 heteroatoms. The molecule has 5 aromatic rings. The molecule has 1 amide bonds. The lowest BCUT2D eigenvalue weighted by Gasteiger charge is -2.11. The largest absolute Gasteiger partial charge is 0.486 e. The average Bonchev–Trinajstić information content (AvgIpc) is 3.63. The second-order valence-electron chi connectivity index (χ2n) is 9.84. The Morgan fingerprint density at radius 1 is 0.978 bits per heavy atom. The standard InChI is InChI=1S/C32H25BrCl2N4O6/c1-19-3-4-20(2)38(19)24-6-8-25(9-7-24)43-18-26-10-12-30(45-26)32(40)37-36-16-22-14-23(33)15-29(39(41)42)31(22)44-17-21-5-11-27(34)28(35)13-21/h3-16H,17-18H2,1-2H3,(H,37,40)/b36-16+. The molecule has 5 rings (SSSR count). The van der Waals surface area contributed by atoms with E-state index in [9.17, 15) is 14.9 Å². The van der Waals surface area contributed by atoms with Gasteiger partial charge >= 0.3 is 11.6 Å². The zero-order valence-electron chi connectivity index (χ0n) is 23.9. The summed E-state index contributed by atoms with van der Waals surface area (Å²) in [6.45, 7) is 4.18. The number of ether oxygens (including phenoxy) is 2. The van der Waals surface area contributed by atoms with Crippen molar-refractivity contribution in [2.24, 2.45) is 5.10 Å². The summed E-state index contributed by atoms with van der Waals surface area (Å²) in [6, 6.07) is 22.7. The normalized spacial score (nSPS) is 11.1. The molecule has 0 atom stereocenters. The zero-order chi connectivity index (χ0) is 32.1. The highest BCUT2D eigenvalue weighted by Gasteiger charge is 2.21. The molecule has 0 saturated carbocycles. The molecule has 10 nitrogen and oxygen atoms in total. The van der Waals surface area contributed by atoms with Crippen LogP contribution in [-0.2, 0) is 13.2 Å². The van der Waals surface area contributed by atoms with Gasteiger partial charge in [-0.15, -0.1) is 0 Å². The van der Waals surface area contributed by atoms with E-state index in [2.05, 4.69) is 43.2 Å². The van der Waals surface area contributed by atoms with Crippen LogP contribution in [0.4, 0.5) is 5.69 Å². The number of aromatic nitrogens is 1. The topological polar surface area (TPSA) is 121 Å². The van der Waals surface area contributed by atoms with Crippen LogP contribution >= 0.6 is 39.1 Å². The highest BCUT2D eigenvalue weighted by atomic mass is 79.9. The number of nitrogens with zero attached hydrogens (tertiary/aromatic N) is 3. The number of hydrazone groups is 1. The number of hydrogen-bond acceptors (Lipinski definition) is 7. The molecule has 1 N–H and O–H groups in total. The van der Waals surface area contributed by atoms with E-state index in [1.54, 1.807) is 30.3 Å². The minimum Gasteiger partial charge on any atom is -0.486 e. The third-order valence-electron chi connectivity index (χ3n) is 6.63.